The highest BCUT2D eigenvalue weighted by Gasteiger charge is 2.19. The SMILES string of the molecule is COc1cc2c(Nc3ccc(Oc4ccccn4)cc3)ncnc2cc1OCC1CCN(C)CC1. The van der Waals surface area contributed by atoms with Crippen molar-refractivity contribution >= 4 is 22.4 Å². The summed E-state index contributed by atoms with van der Waals surface area (Å²) in [4.78, 5) is 15.5. The zero-order valence-corrected chi connectivity index (χ0v) is 20.0. The number of hydrogen-bond donors (Lipinski definition) is 1. The lowest BCUT2D eigenvalue weighted by atomic mass is 9.98. The second-order valence-electron chi connectivity index (χ2n) is 8.72. The van der Waals surface area contributed by atoms with Crippen LogP contribution in [0.5, 0.6) is 23.1 Å². The minimum absolute atomic E-state index is 0.552. The fourth-order valence-corrected chi connectivity index (χ4v) is 4.14. The van der Waals surface area contributed by atoms with Crippen LogP contribution in [0.15, 0.2) is 67.1 Å². The Morgan fingerprint density at radius 2 is 1.80 bits per heavy atom. The smallest absolute Gasteiger partial charge is 0.219 e. The molecule has 4 aromatic rings. The van der Waals surface area contributed by atoms with E-state index in [0.717, 1.165) is 42.5 Å². The third-order valence-electron chi connectivity index (χ3n) is 6.21. The largest absolute Gasteiger partial charge is 0.493 e. The number of nitrogens with zero attached hydrogens (tertiary/aromatic N) is 4. The Kier molecular flexibility index (Phi) is 6.90. The summed E-state index contributed by atoms with van der Waals surface area (Å²) in [5.41, 5.74) is 1.66. The van der Waals surface area contributed by atoms with Gasteiger partial charge in [0.25, 0.3) is 0 Å². The first kappa shape index (κ1) is 22.9. The van der Waals surface area contributed by atoms with Crippen molar-refractivity contribution in [2.75, 3.05) is 39.2 Å². The molecule has 1 aliphatic rings. The molecule has 0 spiro atoms. The van der Waals surface area contributed by atoms with Gasteiger partial charge in [0.15, 0.2) is 11.5 Å². The molecule has 0 bridgehead atoms. The number of ether oxygens (including phenoxy) is 3. The Balaban J connectivity index is 1.31. The first-order valence-corrected chi connectivity index (χ1v) is 11.8. The Morgan fingerprint density at radius 3 is 2.54 bits per heavy atom. The van der Waals surface area contributed by atoms with Gasteiger partial charge in [-0.05, 0) is 75.3 Å². The summed E-state index contributed by atoms with van der Waals surface area (Å²) >= 11 is 0. The summed E-state index contributed by atoms with van der Waals surface area (Å²) < 4.78 is 17.6. The molecule has 0 unspecified atom stereocenters. The molecule has 8 nitrogen and oxygen atoms in total. The highest BCUT2D eigenvalue weighted by atomic mass is 16.5. The van der Waals surface area contributed by atoms with E-state index < -0.39 is 0 Å². The second kappa shape index (κ2) is 10.6. The number of rotatable bonds is 8. The second-order valence-corrected chi connectivity index (χ2v) is 8.72. The zero-order chi connectivity index (χ0) is 24.0. The van der Waals surface area contributed by atoms with Crippen LogP contribution in [-0.2, 0) is 0 Å². The van der Waals surface area contributed by atoms with Gasteiger partial charge in [-0.15, -0.1) is 0 Å². The van der Waals surface area contributed by atoms with Crippen LogP contribution >= 0.6 is 0 Å². The van der Waals surface area contributed by atoms with E-state index in [9.17, 15) is 0 Å². The molecule has 2 aromatic heterocycles. The van der Waals surface area contributed by atoms with Gasteiger partial charge >= 0.3 is 0 Å². The topological polar surface area (TPSA) is 81.6 Å². The summed E-state index contributed by atoms with van der Waals surface area (Å²) in [7, 11) is 3.82. The van der Waals surface area contributed by atoms with Crippen molar-refractivity contribution in [1.82, 2.24) is 19.9 Å². The number of methoxy groups -OCH3 is 1. The van der Waals surface area contributed by atoms with E-state index >= 15 is 0 Å². The number of piperidine rings is 1. The quantitative estimate of drug-likeness (QED) is 0.371. The van der Waals surface area contributed by atoms with Crippen molar-refractivity contribution in [3.8, 4) is 23.1 Å². The number of benzene rings is 2. The van der Waals surface area contributed by atoms with Gasteiger partial charge in [0.2, 0.25) is 5.88 Å². The van der Waals surface area contributed by atoms with Crippen LogP contribution in [0.25, 0.3) is 10.9 Å². The molecule has 0 radical (unpaired) electrons. The van der Waals surface area contributed by atoms with E-state index in [4.69, 9.17) is 14.2 Å². The van der Waals surface area contributed by atoms with Gasteiger partial charge in [0.05, 0.1) is 19.2 Å². The number of fused-ring (bicyclic) bond motifs is 1. The average molecular weight is 472 g/mol. The molecule has 3 heterocycles. The van der Waals surface area contributed by atoms with Gasteiger partial charge in [-0.2, -0.15) is 0 Å². The molecular formula is C27H29N5O3. The molecule has 0 saturated carbocycles. The predicted molar refractivity (Wildman–Crippen MR) is 136 cm³/mol. The molecule has 1 N–H and O–H groups in total. The first-order valence-electron chi connectivity index (χ1n) is 11.8. The van der Waals surface area contributed by atoms with E-state index in [-0.39, 0.29) is 0 Å². The fourth-order valence-electron chi connectivity index (χ4n) is 4.14. The zero-order valence-electron chi connectivity index (χ0n) is 20.0. The van der Waals surface area contributed by atoms with Crippen LogP contribution < -0.4 is 19.5 Å². The number of nitrogens with one attached hydrogen (secondary N) is 1. The molecular weight excluding hydrogens is 442 g/mol. The van der Waals surface area contributed by atoms with Gasteiger partial charge < -0.3 is 24.4 Å². The fraction of sp³-hybridized carbons (Fsp3) is 0.296. The first-order chi connectivity index (χ1) is 17.2. The summed E-state index contributed by atoms with van der Waals surface area (Å²) in [6.45, 7) is 2.90. The lowest BCUT2D eigenvalue weighted by Gasteiger charge is -2.28. The van der Waals surface area contributed by atoms with Gasteiger partial charge in [-0.3, -0.25) is 0 Å². The Hall–Kier alpha value is -3.91. The van der Waals surface area contributed by atoms with E-state index in [1.54, 1.807) is 19.6 Å². The van der Waals surface area contributed by atoms with Crippen LogP contribution in [0.3, 0.4) is 0 Å². The Labute approximate surface area is 204 Å². The van der Waals surface area contributed by atoms with Gasteiger partial charge in [-0.1, -0.05) is 6.07 Å². The minimum Gasteiger partial charge on any atom is -0.493 e. The molecule has 0 aliphatic carbocycles. The van der Waals surface area contributed by atoms with Gasteiger partial charge in [0.1, 0.15) is 17.9 Å². The van der Waals surface area contributed by atoms with Crippen molar-refractivity contribution in [3.63, 3.8) is 0 Å². The van der Waals surface area contributed by atoms with Crippen LogP contribution in [0, 0.1) is 5.92 Å². The van der Waals surface area contributed by atoms with Crippen LogP contribution in [0.2, 0.25) is 0 Å². The molecule has 180 valence electrons. The third-order valence-corrected chi connectivity index (χ3v) is 6.21. The van der Waals surface area contributed by atoms with E-state index in [2.05, 4.69) is 32.2 Å². The molecule has 2 aromatic carbocycles. The van der Waals surface area contributed by atoms with Gasteiger partial charge in [0, 0.05) is 29.4 Å². The van der Waals surface area contributed by atoms with Crippen molar-refractivity contribution in [2.24, 2.45) is 5.92 Å². The third kappa shape index (κ3) is 5.60. The number of hydrogen-bond acceptors (Lipinski definition) is 8. The molecule has 1 saturated heterocycles. The van der Waals surface area contributed by atoms with Crippen LogP contribution in [0.4, 0.5) is 11.5 Å². The summed E-state index contributed by atoms with van der Waals surface area (Å²) in [6.07, 6.45) is 5.55. The molecule has 1 fully saturated rings. The minimum atomic E-state index is 0.552. The lowest BCUT2D eigenvalue weighted by molar-refractivity contribution is 0.157. The van der Waals surface area contributed by atoms with E-state index in [0.29, 0.717) is 41.5 Å². The van der Waals surface area contributed by atoms with Crippen molar-refractivity contribution in [2.45, 2.75) is 12.8 Å². The molecule has 8 heteroatoms. The summed E-state index contributed by atoms with van der Waals surface area (Å²) in [6, 6.07) is 17.1. The van der Waals surface area contributed by atoms with Crippen LogP contribution in [-0.4, -0.2) is 53.7 Å². The Morgan fingerprint density at radius 1 is 0.971 bits per heavy atom. The van der Waals surface area contributed by atoms with E-state index in [1.165, 1.54) is 0 Å². The molecule has 0 amide bonds. The molecule has 1 aliphatic heterocycles. The molecule has 5 rings (SSSR count). The maximum absolute atomic E-state index is 6.19. The predicted octanol–water partition coefficient (Wildman–Crippen LogP) is 5.29. The number of anilines is 2. The van der Waals surface area contributed by atoms with Crippen molar-refractivity contribution < 1.29 is 14.2 Å². The highest BCUT2D eigenvalue weighted by molar-refractivity contribution is 5.93. The average Bonchev–Trinajstić information content (AvgIpc) is 2.90. The number of likely N-dealkylation sites (tertiary alicyclic amines) is 1. The van der Waals surface area contributed by atoms with E-state index in [1.807, 2.05) is 54.6 Å². The Bertz CT molecular complexity index is 1260. The maximum Gasteiger partial charge on any atom is 0.219 e. The summed E-state index contributed by atoms with van der Waals surface area (Å²) in [5, 5.41) is 4.22. The monoisotopic (exact) mass is 471 g/mol. The standard InChI is InChI=1S/C27H29N5O3/c1-32-13-10-19(11-14-32)17-34-25-16-23-22(15-24(25)33-2)27(30-18-29-23)31-20-6-8-21(9-7-20)35-26-5-3-4-12-28-26/h3-9,12,15-16,18-19H,10-11,13-14,17H2,1-2H3,(H,29,30,31). The normalized spacial score (nSPS) is 14.6. The lowest BCUT2D eigenvalue weighted by Crippen LogP contribution is -2.32. The summed E-state index contributed by atoms with van der Waals surface area (Å²) in [5.74, 6) is 3.88. The van der Waals surface area contributed by atoms with Gasteiger partial charge in [-0.25, -0.2) is 15.0 Å². The maximum atomic E-state index is 6.19. The highest BCUT2D eigenvalue weighted by Crippen LogP contribution is 2.35. The van der Waals surface area contributed by atoms with Crippen molar-refractivity contribution in [3.05, 3.63) is 67.1 Å². The molecule has 35 heavy (non-hydrogen) atoms. The number of aromatic nitrogens is 3. The molecule has 0 atom stereocenters. The van der Waals surface area contributed by atoms with Crippen LogP contribution in [0.1, 0.15) is 12.8 Å². The van der Waals surface area contributed by atoms with Crippen molar-refractivity contribution in [1.29, 1.82) is 0 Å². The number of pyridine rings is 1.